The van der Waals surface area contributed by atoms with Crippen molar-refractivity contribution < 1.29 is 4.55 Å². The molecule has 10 heavy (non-hydrogen) atoms. The highest BCUT2D eigenvalue weighted by molar-refractivity contribution is 9.09. The molecule has 0 aliphatic carbocycles. The summed E-state index contributed by atoms with van der Waals surface area (Å²) in [5, 5.41) is 1.91. The molecule has 0 bridgehead atoms. The van der Waals surface area contributed by atoms with Crippen LogP contribution in [-0.4, -0.2) is 21.4 Å². The minimum atomic E-state index is -1.32. The van der Waals surface area contributed by atoms with Crippen molar-refractivity contribution in [2.75, 3.05) is 12.0 Å². The van der Waals surface area contributed by atoms with E-state index in [2.05, 4.69) is 15.9 Å². The maximum absolute atomic E-state index is 9.33. The molecular weight excluding hydrogens is 212 g/mol. The molecule has 62 valence electrons. The predicted octanol–water partition coefficient (Wildman–Crippen LogP) is 3.21. The van der Waals surface area contributed by atoms with E-state index in [0.717, 1.165) is 5.75 Å². The van der Waals surface area contributed by atoms with E-state index >= 15 is 0 Å². The van der Waals surface area contributed by atoms with E-state index in [1.54, 1.807) is 0 Å². The average Bonchev–Trinajstić information content (AvgIpc) is 2.15. The molecule has 1 rings (SSSR count). The normalized spacial score (nSPS) is 43.5. The van der Waals surface area contributed by atoms with Crippen molar-refractivity contribution in [3.63, 3.8) is 0 Å². The summed E-state index contributed by atoms with van der Waals surface area (Å²) in [7, 11) is -1.32. The van der Waals surface area contributed by atoms with Crippen molar-refractivity contribution in [2.45, 2.75) is 18.7 Å². The molecule has 2 unspecified atom stereocenters. The standard InChI is InChI=1S/C5H9BrOS.C2H6/c1-8(7)3-2-5(6)4-8;1-2/h2-3,5,7H,4H2,1H3;1-2H3. The number of hydrogen-bond donors (Lipinski definition) is 1. The van der Waals surface area contributed by atoms with Gasteiger partial charge in [0.25, 0.3) is 0 Å². The number of alkyl halides is 1. The van der Waals surface area contributed by atoms with Gasteiger partial charge in [0.15, 0.2) is 0 Å². The molecule has 3 heteroatoms. The second-order valence-electron chi connectivity index (χ2n) is 2.12. The molecular formula is C7H15BrOS. The van der Waals surface area contributed by atoms with Gasteiger partial charge in [-0.2, -0.15) is 0 Å². The van der Waals surface area contributed by atoms with Crippen molar-refractivity contribution in [1.82, 2.24) is 0 Å². The van der Waals surface area contributed by atoms with Crippen LogP contribution < -0.4 is 0 Å². The highest BCUT2D eigenvalue weighted by Crippen LogP contribution is 2.47. The first-order valence-electron chi connectivity index (χ1n) is 3.41. The summed E-state index contributed by atoms with van der Waals surface area (Å²) in [4.78, 5) is 0.410. The van der Waals surface area contributed by atoms with Crippen LogP contribution in [0.4, 0.5) is 0 Å². The van der Waals surface area contributed by atoms with E-state index in [1.165, 1.54) is 0 Å². The lowest BCUT2D eigenvalue weighted by Crippen LogP contribution is -1.99. The molecule has 0 amide bonds. The molecule has 0 fully saturated rings. The summed E-state index contributed by atoms with van der Waals surface area (Å²) < 4.78 is 9.33. The zero-order valence-corrected chi connectivity index (χ0v) is 9.08. The Morgan fingerprint density at radius 3 is 2.20 bits per heavy atom. The number of hydrogen-bond acceptors (Lipinski definition) is 1. The minimum Gasteiger partial charge on any atom is -0.348 e. The van der Waals surface area contributed by atoms with E-state index < -0.39 is 10.3 Å². The monoisotopic (exact) mass is 226 g/mol. The summed E-state index contributed by atoms with van der Waals surface area (Å²) in [6, 6.07) is 0. The Labute approximate surface area is 73.2 Å². The Balaban J connectivity index is 0.000000371. The van der Waals surface area contributed by atoms with E-state index in [0.29, 0.717) is 4.83 Å². The van der Waals surface area contributed by atoms with Gasteiger partial charge in [-0.1, -0.05) is 35.9 Å². The fraction of sp³-hybridized carbons (Fsp3) is 0.714. The van der Waals surface area contributed by atoms with Crippen LogP contribution in [-0.2, 0) is 0 Å². The first-order chi connectivity index (χ1) is 4.60. The van der Waals surface area contributed by atoms with Crippen LogP contribution in [0.25, 0.3) is 0 Å². The van der Waals surface area contributed by atoms with Crippen LogP contribution in [0.1, 0.15) is 13.8 Å². The zero-order chi connectivity index (χ0) is 8.20. The fourth-order valence-corrected chi connectivity index (χ4v) is 4.04. The Kier molecular flexibility index (Phi) is 4.65. The lowest BCUT2D eigenvalue weighted by molar-refractivity contribution is 0.642. The van der Waals surface area contributed by atoms with Gasteiger partial charge >= 0.3 is 0 Å². The summed E-state index contributed by atoms with van der Waals surface area (Å²) in [6.07, 6.45) is 3.90. The van der Waals surface area contributed by atoms with Crippen molar-refractivity contribution in [3.05, 3.63) is 11.5 Å². The van der Waals surface area contributed by atoms with Gasteiger partial charge in [0, 0.05) is 10.6 Å². The second kappa shape index (κ2) is 4.42. The second-order valence-corrected chi connectivity index (χ2v) is 6.12. The van der Waals surface area contributed by atoms with Gasteiger partial charge in [0.2, 0.25) is 0 Å². The summed E-state index contributed by atoms with van der Waals surface area (Å²) >= 11 is 3.39. The molecule has 1 aliphatic rings. The van der Waals surface area contributed by atoms with Gasteiger partial charge in [0.1, 0.15) is 0 Å². The smallest absolute Gasteiger partial charge is 0.0432 e. The third kappa shape index (κ3) is 3.64. The molecule has 2 atom stereocenters. The molecule has 1 aliphatic heterocycles. The zero-order valence-electron chi connectivity index (χ0n) is 6.67. The van der Waals surface area contributed by atoms with Crippen molar-refractivity contribution in [2.24, 2.45) is 0 Å². The van der Waals surface area contributed by atoms with Gasteiger partial charge < -0.3 is 4.55 Å². The lowest BCUT2D eigenvalue weighted by Gasteiger charge is -2.19. The maximum atomic E-state index is 9.33. The van der Waals surface area contributed by atoms with Crippen molar-refractivity contribution in [1.29, 1.82) is 0 Å². The maximum Gasteiger partial charge on any atom is 0.0432 e. The molecule has 1 heterocycles. The van der Waals surface area contributed by atoms with Crippen LogP contribution in [0.3, 0.4) is 0 Å². The quantitative estimate of drug-likeness (QED) is 0.630. The van der Waals surface area contributed by atoms with E-state index in [9.17, 15) is 4.55 Å². The summed E-state index contributed by atoms with van der Waals surface area (Å²) in [5.41, 5.74) is 0. The fourth-order valence-electron chi connectivity index (χ4n) is 0.688. The molecule has 0 aromatic carbocycles. The third-order valence-electron chi connectivity index (χ3n) is 1.08. The van der Waals surface area contributed by atoms with E-state index in [4.69, 9.17) is 0 Å². The Morgan fingerprint density at radius 2 is 2.10 bits per heavy atom. The van der Waals surface area contributed by atoms with Crippen LogP contribution >= 0.6 is 26.2 Å². The topological polar surface area (TPSA) is 20.2 Å². The molecule has 1 N–H and O–H groups in total. The predicted molar refractivity (Wildman–Crippen MR) is 54.2 cm³/mol. The van der Waals surface area contributed by atoms with E-state index in [1.807, 2.05) is 31.6 Å². The Morgan fingerprint density at radius 1 is 1.60 bits per heavy atom. The highest BCUT2D eigenvalue weighted by atomic mass is 79.9. The van der Waals surface area contributed by atoms with Gasteiger partial charge in [-0.05, 0) is 11.7 Å². The van der Waals surface area contributed by atoms with Crippen LogP contribution in [0.5, 0.6) is 0 Å². The van der Waals surface area contributed by atoms with Crippen LogP contribution in [0.15, 0.2) is 11.5 Å². The number of rotatable bonds is 0. The van der Waals surface area contributed by atoms with Crippen molar-refractivity contribution in [3.8, 4) is 0 Å². The minimum absolute atomic E-state index is 0.410. The molecule has 0 aromatic rings. The van der Waals surface area contributed by atoms with Gasteiger partial charge in [0.05, 0.1) is 0 Å². The highest BCUT2D eigenvalue weighted by Gasteiger charge is 2.20. The first kappa shape index (κ1) is 10.5. The number of halogens is 1. The number of allylic oxidation sites excluding steroid dienone is 1. The molecule has 0 aromatic heterocycles. The summed E-state index contributed by atoms with van der Waals surface area (Å²) in [5.74, 6) is 0.882. The van der Waals surface area contributed by atoms with Crippen molar-refractivity contribution >= 4 is 26.2 Å². The molecule has 0 radical (unpaired) electrons. The Bertz CT molecular complexity index is 123. The van der Waals surface area contributed by atoms with Crippen LogP contribution in [0.2, 0.25) is 0 Å². The van der Waals surface area contributed by atoms with Crippen LogP contribution in [0, 0.1) is 0 Å². The third-order valence-corrected chi connectivity index (χ3v) is 3.91. The summed E-state index contributed by atoms with van der Waals surface area (Å²) in [6.45, 7) is 4.00. The largest absolute Gasteiger partial charge is 0.348 e. The van der Waals surface area contributed by atoms with Gasteiger partial charge in [-0.25, -0.2) is 0 Å². The average molecular weight is 227 g/mol. The molecule has 0 saturated heterocycles. The van der Waals surface area contributed by atoms with Gasteiger partial charge in [-0.3, -0.25) is 0 Å². The molecule has 0 saturated carbocycles. The SMILES string of the molecule is CC.CS1(O)C=CC(Br)C1. The molecule has 0 spiro atoms. The lowest BCUT2D eigenvalue weighted by atomic mass is 10.5. The molecule has 1 nitrogen and oxygen atoms in total. The first-order valence-corrected chi connectivity index (χ1v) is 6.55. The Hall–Kier alpha value is 0.530. The van der Waals surface area contributed by atoms with Gasteiger partial charge in [-0.15, -0.1) is 10.3 Å². The van der Waals surface area contributed by atoms with E-state index in [-0.39, 0.29) is 0 Å².